The molecule has 56 valence electrons. The zero-order valence-electron chi connectivity index (χ0n) is 5.63. The van der Waals surface area contributed by atoms with Crippen molar-refractivity contribution in [2.24, 2.45) is 11.5 Å². The smallest absolute Gasteiger partial charge is 0.142 e. The monoisotopic (exact) mass is 142 g/mol. The molecule has 2 atom stereocenters. The highest BCUT2D eigenvalue weighted by molar-refractivity contribution is 5.50. The Morgan fingerprint density at radius 1 is 1.80 bits per heavy atom. The normalized spacial score (nSPS) is 44.3. The van der Waals surface area contributed by atoms with Gasteiger partial charge >= 0.3 is 0 Å². The molecule has 2 rings (SSSR count). The number of aliphatic hydroxyl groups is 1. The van der Waals surface area contributed by atoms with E-state index in [0.29, 0.717) is 11.4 Å². The fourth-order valence-electron chi connectivity index (χ4n) is 1.32. The van der Waals surface area contributed by atoms with Crippen LogP contribution >= 0.6 is 0 Å². The predicted molar refractivity (Wildman–Crippen MR) is 35.0 cm³/mol. The number of nitrogens with zero attached hydrogens (tertiary/aromatic N) is 1. The number of hydrogen-bond acceptors (Lipinski definition) is 5. The Labute approximate surface area is 58.3 Å². The maximum absolute atomic E-state index is 9.14. The minimum Gasteiger partial charge on any atom is -0.385 e. The molecule has 0 aromatic heterocycles. The number of fused-ring (bicyclic) bond motifs is 1. The van der Waals surface area contributed by atoms with Crippen molar-refractivity contribution in [1.82, 2.24) is 10.4 Å². The third kappa shape index (κ3) is 0.406. The van der Waals surface area contributed by atoms with Crippen LogP contribution in [-0.2, 0) is 0 Å². The van der Waals surface area contributed by atoms with Gasteiger partial charge in [-0.25, -0.2) is 5.43 Å². The molecule has 1 aliphatic carbocycles. The Kier molecular flexibility index (Phi) is 0.770. The highest BCUT2D eigenvalue weighted by Crippen LogP contribution is 2.44. The molecule has 1 aliphatic heterocycles. The highest BCUT2D eigenvalue weighted by atomic mass is 16.3. The van der Waals surface area contributed by atoms with Crippen LogP contribution in [0, 0.1) is 0 Å². The minimum absolute atomic E-state index is 0.537. The number of nitrogens with one attached hydrogen (secondary N) is 1. The molecule has 10 heavy (non-hydrogen) atoms. The van der Waals surface area contributed by atoms with Crippen LogP contribution in [0.4, 0.5) is 0 Å². The van der Waals surface area contributed by atoms with Gasteiger partial charge < -0.3 is 16.6 Å². The lowest BCUT2D eigenvalue weighted by molar-refractivity contribution is 0.172. The van der Waals surface area contributed by atoms with Crippen molar-refractivity contribution in [3.05, 3.63) is 11.4 Å². The Bertz CT molecular complexity index is 226. The maximum atomic E-state index is 9.14. The molecule has 0 spiro atoms. The van der Waals surface area contributed by atoms with Crippen molar-refractivity contribution in [2.75, 3.05) is 7.05 Å². The zero-order valence-corrected chi connectivity index (χ0v) is 5.63. The van der Waals surface area contributed by atoms with Gasteiger partial charge in [0, 0.05) is 12.6 Å². The second kappa shape index (κ2) is 1.29. The third-order valence-corrected chi connectivity index (χ3v) is 2.06. The first-order chi connectivity index (χ1) is 4.57. The molecule has 1 fully saturated rings. The molecule has 1 saturated carbocycles. The Morgan fingerprint density at radius 3 is 2.70 bits per heavy atom. The second-order valence-corrected chi connectivity index (χ2v) is 2.74. The lowest BCUT2D eigenvalue weighted by Crippen LogP contribution is -2.49. The van der Waals surface area contributed by atoms with Crippen molar-refractivity contribution >= 4 is 0 Å². The maximum Gasteiger partial charge on any atom is 0.142 e. The fourth-order valence-corrected chi connectivity index (χ4v) is 1.32. The lowest BCUT2D eigenvalue weighted by Gasteiger charge is -2.19. The summed E-state index contributed by atoms with van der Waals surface area (Å²) in [7, 11) is 1.76. The molecule has 0 amide bonds. The van der Waals surface area contributed by atoms with Gasteiger partial charge in [-0.05, 0) is 0 Å². The first kappa shape index (κ1) is 5.96. The van der Waals surface area contributed by atoms with Crippen molar-refractivity contribution in [2.45, 2.75) is 11.8 Å². The Morgan fingerprint density at radius 2 is 2.40 bits per heavy atom. The largest absolute Gasteiger partial charge is 0.385 e. The summed E-state index contributed by atoms with van der Waals surface area (Å²) >= 11 is 0. The number of hydrazine groups is 1. The standard InChI is InChI=1S/C5H10N4O/c1-9-4(6)2-3(10)5(2,7)8-9/h3,8,10H,6-7H2,1H3. The summed E-state index contributed by atoms with van der Waals surface area (Å²) in [6.07, 6.45) is -0.594. The van der Waals surface area contributed by atoms with Crippen LogP contribution in [0.15, 0.2) is 11.4 Å². The van der Waals surface area contributed by atoms with Gasteiger partial charge in [0.15, 0.2) is 0 Å². The van der Waals surface area contributed by atoms with Gasteiger partial charge in [-0.3, -0.25) is 5.01 Å². The molecule has 0 saturated heterocycles. The van der Waals surface area contributed by atoms with E-state index in [1.807, 2.05) is 0 Å². The van der Waals surface area contributed by atoms with Crippen molar-refractivity contribution in [1.29, 1.82) is 0 Å². The quantitative estimate of drug-likeness (QED) is 0.304. The third-order valence-electron chi connectivity index (χ3n) is 2.06. The number of aliphatic hydroxyl groups excluding tert-OH is 1. The molecule has 0 aromatic rings. The average molecular weight is 142 g/mol. The molecular weight excluding hydrogens is 132 g/mol. The molecule has 5 heteroatoms. The van der Waals surface area contributed by atoms with Crippen molar-refractivity contribution in [3.63, 3.8) is 0 Å². The summed E-state index contributed by atoms with van der Waals surface area (Å²) in [5.74, 6) is 0.537. The van der Waals surface area contributed by atoms with Crippen LogP contribution in [0.25, 0.3) is 0 Å². The van der Waals surface area contributed by atoms with Gasteiger partial charge in [0.05, 0.1) is 0 Å². The average Bonchev–Trinajstić information content (AvgIpc) is 2.23. The van der Waals surface area contributed by atoms with Gasteiger partial charge in [0.2, 0.25) is 0 Å². The van der Waals surface area contributed by atoms with E-state index < -0.39 is 11.8 Å². The van der Waals surface area contributed by atoms with E-state index >= 15 is 0 Å². The molecule has 2 aliphatic rings. The number of nitrogens with two attached hydrogens (primary N) is 2. The van der Waals surface area contributed by atoms with Crippen molar-refractivity contribution < 1.29 is 5.11 Å². The topological polar surface area (TPSA) is 87.5 Å². The van der Waals surface area contributed by atoms with E-state index in [9.17, 15) is 0 Å². The second-order valence-electron chi connectivity index (χ2n) is 2.74. The van der Waals surface area contributed by atoms with E-state index in [-0.39, 0.29) is 0 Å². The molecule has 1 heterocycles. The summed E-state index contributed by atoms with van der Waals surface area (Å²) in [6, 6.07) is 0. The van der Waals surface area contributed by atoms with Crippen LogP contribution in [-0.4, -0.2) is 28.9 Å². The van der Waals surface area contributed by atoms with E-state index in [4.69, 9.17) is 16.6 Å². The van der Waals surface area contributed by atoms with E-state index in [1.165, 1.54) is 0 Å². The minimum atomic E-state index is -0.751. The molecule has 0 bridgehead atoms. The Hall–Kier alpha value is -0.780. The highest BCUT2D eigenvalue weighted by Gasteiger charge is 2.63. The van der Waals surface area contributed by atoms with Gasteiger partial charge in [-0.15, -0.1) is 0 Å². The number of hydrogen-bond donors (Lipinski definition) is 4. The summed E-state index contributed by atoms with van der Waals surface area (Å²) in [5.41, 5.74) is 14.0. The summed E-state index contributed by atoms with van der Waals surface area (Å²) < 4.78 is 0. The predicted octanol–water partition coefficient (Wildman–Crippen LogP) is -2.36. The summed E-state index contributed by atoms with van der Waals surface area (Å²) in [4.78, 5) is 0. The number of rotatable bonds is 0. The van der Waals surface area contributed by atoms with Crippen LogP contribution in [0.2, 0.25) is 0 Å². The molecule has 0 radical (unpaired) electrons. The SMILES string of the molecule is CN1NC2(N)C(=C1N)C2O. The first-order valence-electron chi connectivity index (χ1n) is 3.06. The van der Waals surface area contributed by atoms with Gasteiger partial charge in [0.25, 0.3) is 0 Å². The van der Waals surface area contributed by atoms with Crippen LogP contribution in [0.1, 0.15) is 0 Å². The summed E-state index contributed by atoms with van der Waals surface area (Å²) in [5, 5.41) is 10.8. The molecular formula is C5H10N4O. The van der Waals surface area contributed by atoms with Crippen LogP contribution in [0.3, 0.4) is 0 Å². The molecule has 6 N–H and O–H groups in total. The van der Waals surface area contributed by atoms with Crippen LogP contribution < -0.4 is 16.9 Å². The van der Waals surface area contributed by atoms with Crippen molar-refractivity contribution in [3.8, 4) is 0 Å². The van der Waals surface area contributed by atoms with Crippen LogP contribution in [0.5, 0.6) is 0 Å². The first-order valence-corrected chi connectivity index (χ1v) is 3.06. The molecule has 2 unspecified atom stereocenters. The van der Waals surface area contributed by atoms with E-state index in [1.54, 1.807) is 12.1 Å². The summed E-state index contributed by atoms with van der Waals surface area (Å²) in [6.45, 7) is 0. The fraction of sp³-hybridized carbons (Fsp3) is 0.600. The van der Waals surface area contributed by atoms with E-state index in [2.05, 4.69) is 5.43 Å². The lowest BCUT2D eigenvalue weighted by atomic mass is 10.5. The van der Waals surface area contributed by atoms with E-state index in [0.717, 1.165) is 0 Å². The van der Waals surface area contributed by atoms with Gasteiger partial charge in [0.1, 0.15) is 17.6 Å². The zero-order chi connectivity index (χ0) is 7.52. The van der Waals surface area contributed by atoms with Gasteiger partial charge in [-0.2, -0.15) is 0 Å². The molecule has 5 nitrogen and oxygen atoms in total. The Balaban J connectivity index is 2.39. The molecule has 0 aromatic carbocycles. The van der Waals surface area contributed by atoms with Gasteiger partial charge in [-0.1, -0.05) is 0 Å².